The van der Waals surface area contributed by atoms with E-state index < -0.39 is 6.10 Å². The third-order valence-electron chi connectivity index (χ3n) is 3.19. The SMILES string of the molecule is O=C(c1cccs1)N1CCC(O)c2ccccc21. The van der Waals surface area contributed by atoms with Crippen LogP contribution in [0.4, 0.5) is 5.69 Å². The van der Waals surface area contributed by atoms with Crippen LogP contribution < -0.4 is 4.90 Å². The maximum Gasteiger partial charge on any atom is 0.268 e. The molecular formula is C14H13NO2S. The van der Waals surface area contributed by atoms with E-state index >= 15 is 0 Å². The predicted octanol–water partition coefficient (Wildman–Crippen LogP) is 2.83. The van der Waals surface area contributed by atoms with Crippen molar-refractivity contribution in [3.63, 3.8) is 0 Å². The Morgan fingerprint density at radius 2 is 2.11 bits per heavy atom. The van der Waals surface area contributed by atoms with E-state index in [4.69, 9.17) is 0 Å². The molecular weight excluding hydrogens is 246 g/mol. The summed E-state index contributed by atoms with van der Waals surface area (Å²) in [6, 6.07) is 11.3. The molecule has 2 aromatic rings. The summed E-state index contributed by atoms with van der Waals surface area (Å²) in [5.74, 6) is 0.0179. The number of rotatable bonds is 1. The van der Waals surface area contributed by atoms with E-state index in [0.717, 1.165) is 16.1 Å². The minimum atomic E-state index is -0.464. The number of hydrogen-bond donors (Lipinski definition) is 1. The van der Waals surface area contributed by atoms with Crippen LogP contribution in [-0.2, 0) is 0 Å². The van der Waals surface area contributed by atoms with Gasteiger partial charge in [0.2, 0.25) is 0 Å². The van der Waals surface area contributed by atoms with Crippen LogP contribution in [0.1, 0.15) is 27.8 Å². The fourth-order valence-electron chi connectivity index (χ4n) is 2.29. The molecule has 4 heteroatoms. The second-order valence-electron chi connectivity index (χ2n) is 4.30. The third-order valence-corrected chi connectivity index (χ3v) is 4.05. The van der Waals surface area contributed by atoms with E-state index in [1.54, 1.807) is 4.90 Å². The maximum atomic E-state index is 12.4. The number of aliphatic hydroxyl groups is 1. The van der Waals surface area contributed by atoms with Gasteiger partial charge in [-0.3, -0.25) is 4.79 Å². The summed E-state index contributed by atoms with van der Waals surface area (Å²) < 4.78 is 0. The first-order valence-corrected chi connectivity index (χ1v) is 6.77. The van der Waals surface area contributed by atoms with Gasteiger partial charge >= 0.3 is 0 Å². The van der Waals surface area contributed by atoms with E-state index in [1.807, 2.05) is 41.8 Å². The number of amides is 1. The summed E-state index contributed by atoms with van der Waals surface area (Å²) >= 11 is 1.45. The zero-order chi connectivity index (χ0) is 12.5. The van der Waals surface area contributed by atoms with Gasteiger partial charge in [0.25, 0.3) is 5.91 Å². The zero-order valence-corrected chi connectivity index (χ0v) is 10.6. The minimum absolute atomic E-state index is 0.0179. The summed E-state index contributed by atoms with van der Waals surface area (Å²) in [6.45, 7) is 0.564. The first-order chi connectivity index (χ1) is 8.77. The van der Waals surface area contributed by atoms with Crippen molar-refractivity contribution in [2.24, 2.45) is 0 Å². The monoisotopic (exact) mass is 259 g/mol. The van der Waals surface area contributed by atoms with Gasteiger partial charge in [-0.05, 0) is 23.9 Å². The maximum absolute atomic E-state index is 12.4. The number of nitrogens with zero attached hydrogens (tertiary/aromatic N) is 1. The van der Waals surface area contributed by atoms with E-state index in [1.165, 1.54) is 11.3 Å². The number of aliphatic hydroxyl groups excluding tert-OH is 1. The summed E-state index contributed by atoms with van der Waals surface area (Å²) in [5, 5.41) is 11.9. The van der Waals surface area contributed by atoms with Gasteiger partial charge in [0.1, 0.15) is 0 Å². The number of thiophene rings is 1. The average Bonchev–Trinajstić information content (AvgIpc) is 2.93. The molecule has 1 aliphatic rings. The van der Waals surface area contributed by atoms with Gasteiger partial charge < -0.3 is 10.0 Å². The standard InChI is InChI=1S/C14H13NO2S/c16-12-7-8-15(11-5-2-1-4-10(11)12)14(17)13-6-3-9-18-13/h1-6,9,12,16H,7-8H2. The summed E-state index contributed by atoms with van der Waals surface area (Å²) in [4.78, 5) is 14.9. The van der Waals surface area contributed by atoms with Gasteiger partial charge in [-0.2, -0.15) is 0 Å². The van der Waals surface area contributed by atoms with E-state index in [2.05, 4.69) is 0 Å². The van der Waals surface area contributed by atoms with Crippen LogP contribution in [0.3, 0.4) is 0 Å². The number of carbonyl (C=O) groups excluding carboxylic acids is 1. The molecule has 1 aromatic heterocycles. The lowest BCUT2D eigenvalue weighted by atomic mass is 9.99. The smallest absolute Gasteiger partial charge is 0.268 e. The van der Waals surface area contributed by atoms with Crippen molar-refractivity contribution in [1.82, 2.24) is 0 Å². The number of carbonyl (C=O) groups is 1. The van der Waals surface area contributed by atoms with E-state index in [0.29, 0.717) is 13.0 Å². The molecule has 1 amide bonds. The lowest BCUT2D eigenvalue weighted by molar-refractivity contribution is 0.0974. The van der Waals surface area contributed by atoms with Crippen molar-refractivity contribution in [3.05, 3.63) is 52.2 Å². The molecule has 3 rings (SSSR count). The number of hydrogen-bond acceptors (Lipinski definition) is 3. The average molecular weight is 259 g/mol. The highest BCUT2D eigenvalue weighted by atomic mass is 32.1. The molecule has 3 nitrogen and oxygen atoms in total. The molecule has 0 saturated heterocycles. The van der Waals surface area contributed by atoms with Crippen molar-refractivity contribution in [2.75, 3.05) is 11.4 Å². The van der Waals surface area contributed by atoms with Gasteiger partial charge in [-0.25, -0.2) is 0 Å². The Bertz CT molecular complexity index is 565. The molecule has 1 aromatic carbocycles. The molecule has 0 spiro atoms. The third kappa shape index (κ3) is 1.83. The Morgan fingerprint density at radius 3 is 2.89 bits per heavy atom. The molecule has 18 heavy (non-hydrogen) atoms. The highest BCUT2D eigenvalue weighted by Gasteiger charge is 2.28. The van der Waals surface area contributed by atoms with E-state index in [-0.39, 0.29) is 5.91 Å². The molecule has 0 fully saturated rings. The molecule has 2 heterocycles. The van der Waals surface area contributed by atoms with Crippen LogP contribution >= 0.6 is 11.3 Å². The number of anilines is 1. The van der Waals surface area contributed by atoms with Crippen molar-refractivity contribution >= 4 is 22.9 Å². The van der Waals surface area contributed by atoms with Gasteiger partial charge in [0, 0.05) is 17.8 Å². The Hall–Kier alpha value is -1.65. The predicted molar refractivity (Wildman–Crippen MR) is 72.0 cm³/mol. The fraction of sp³-hybridized carbons (Fsp3) is 0.214. The first kappa shape index (κ1) is 11.4. The summed E-state index contributed by atoms with van der Waals surface area (Å²) in [6.07, 6.45) is 0.127. The lowest BCUT2D eigenvalue weighted by Crippen LogP contribution is -2.36. The Morgan fingerprint density at radius 1 is 1.28 bits per heavy atom. The minimum Gasteiger partial charge on any atom is -0.388 e. The summed E-state index contributed by atoms with van der Waals surface area (Å²) in [7, 11) is 0. The molecule has 0 saturated carbocycles. The van der Waals surface area contributed by atoms with Crippen LogP contribution in [0.5, 0.6) is 0 Å². The van der Waals surface area contributed by atoms with Crippen molar-refractivity contribution in [3.8, 4) is 0 Å². The second kappa shape index (κ2) is 4.55. The van der Waals surface area contributed by atoms with Gasteiger partial charge in [-0.1, -0.05) is 24.3 Å². The molecule has 0 aliphatic carbocycles. The van der Waals surface area contributed by atoms with Crippen LogP contribution in [0, 0.1) is 0 Å². The Kier molecular flexibility index (Phi) is 2.89. The van der Waals surface area contributed by atoms with Crippen LogP contribution in [0.2, 0.25) is 0 Å². The largest absolute Gasteiger partial charge is 0.388 e. The van der Waals surface area contributed by atoms with Gasteiger partial charge in [0.05, 0.1) is 11.0 Å². The summed E-state index contributed by atoms with van der Waals surface area (Å²) in [5.41, 5.74) is 1.67. The molecule has 1 atom stereocenters. The molecule has 0 bridgehead atoms. The van der Waals surface area contributed by atoms with Crippen molar-refractivity contribution in [1.29, 1.82) is 0 Å². The second-order valence-corrected chi connectivity index (χ2v) is 5.25. The number of fused-ring (bicyclic) bond motifs is 1. The highest BCUT2D eigenvalue weighted by Crippen LogP contribution is 2.34. The molecule has 1 aliphatic heterocycles. The van der Waals surface area contributed by atoms with Crippen molar-refractivity contribution < 1.29 is 9.90 Å². The van der Waals surface area contributed by atoms with E-state index in [9.17, 15) is 9.90 Å². The van der Waals surface area contributed by atoms with Crippen LogP contribution in [0.15, 0.2) is 41.8 Å². The molecule has 0 radical (unpaired) electrons. The first-order valence-electron chi connectivity index (χ1n) is 5.90. The topological polar surface area (TPSA) is 40.5 Å². The Labute approximate surface area is 109 Å². The highest BCUT2D eigenvalue weighted by molar-refractivity contribution is 7.12. The number of para-hydroxylation sites is 1. The normalized spacial score (nSPS) is 18.5. The Balaban J connectivity index is 2.00. The van der Waals surface area contributed by atoms with Crippen molar-refractivity contribution in [2.45, 2.75) is 12.5 Å². The van der Waals surface area contributed by atoms with Crippen LogP contribution in [-0.4, -0.2) is 17.6 Å². The molecule has 92 valence electrons. The fourth-order valence-corrected chi connectivity index (χ4v) is 2.96. The zero-order valence-electron chi connectivity index (χ0n) is 9.74. The quantitative estimate of drug-likeness (QED) is 0.855. The molecule has 1 N–H and O–H groups in total. The van der Waals surface area contributed by atoms with Crippen LogP contribution in [0.25, 0.3) is 0 Å². The van der Waals surface area contributed by atoms with Gasteiger partial charge in [0.15, 0.2) is 0 Å². The van der Waals surface area contributed by atoms with Gasteiger partial charge in [-0.15, -0.1) is 11.3 Å². The number of benzene rings is 1. The lowest BCUT2D eigenvalue weighted by Gasteiger charge is -2.31. The molecule has 1 unspecified atom stereocenters.